The fraction of sp³-hybridized carbons (Fsp3) is 0. The molecular weight excluding hydrogens is 344 g/mol. The van der Waals surface area contributed by atoms with Gasteiger partial charge in [0.25, 0.3) is 5.69 Å². The van der Waals surface area contributed by atoms with Gasteiger partial charge in [0.2, 0.25) is 10.0 Å². The summed E-state index contributed by atoms with van der Waals surface area (Å²) in [4.78, 5) is 9.96. The maximum absolute atomic E-state index is 11.2. The van der Waals surface area contributed by atoms with Gasteiger partial charge in [-0.1, -0.05) is 23.7 Å². The van der Waals surface area contributed by atoms with Crippen molar-refractivity contribution in [1.29, 1.82) is 0 Å². The predicted molar refractivity (Wildman–Crippen MR) is 87.1 cm³/mol. The molecule has 23 heavy (non-hydrogen) atoms. The first-order valence-corrected chi connectivity index (χ1v) is 8.06. The van der Waals surface area contributed by atoms with Crippen molar-refractivity contribution in [3.05, 3.63) is 63.2 Å². The standard InChI is InChI=1S/C13H11ClN4O4S/c14-10-3-1-2-9(6-10)8-16-17-12-5-4-11(23(15,21)22)7-13(12)18(19)20/h1-8,17H,(H2,15,21,22). The van der Waals surface area contributed by atoms with Gasteiger partial charge in [0.15, 0.2) is 0 Å². The Kier molecular flexibility index (Phi) is 4.94. The molecule has 0 amide bonds. The Labute approximate surface area is 136 Å². The summed E-state index contributed by atoms with van der Waals surface area (Å²) in [5, 5.41) is 20.4. The number of halogens is 1. The number of nitrogens with zero attached hydrogens (tertiary/aromatic N) is 2. The molecule has 0 heterocycles. The van der Waals surface area contributed by atoms with E-state index in [1.54, 1.807) is 24.3 Å². The third-order valence-corrected chi connectivity index (χ3v) is 3.89. The van der Waals surface area contributed by atoms with Crippen LogP contribution >= 0.6 is 11.6 Å². The smallest absolute Gasteiger partial charge is 0.272 e. The quantitative estimate of drug-likeness (QED) is 0.484. The zero-order valence-electron chi connectivity index (χ0n) is 11.5. The minimum atomic E-state index is -4.03. The molecule has 8 nitrogen and oxygen atoms in total. The summed E-state index contributed by atoms with van der Waals surface area (Å²) >= 11 is 5.83. The minimum absolute atomic E-state index is 0.0284. The number of hydrazone groups is 1. The third-order valence-electron chi connectivity index (χ3n) is 2.74. The lowest BCUT2D eigenvalue weighted by atomic mass is 10.2. The second kappa shape index (κ2) is 6.73. The zero-order valence-corrected chi connectivity index (χ0v) is 13.1. The fourth-order valence-corrected chi connectivity index (χ4v) is 2.43. The Morgan fingerprint density at radius 2 is 2.00 bits per heavy atom. The first kappa shape index (κ1) is 16.9. The summed E-state index contributed by atoms with van der Waals surface area (Å²) < 4.78 is 22.5. The van der Waals surface area contributed by atoms with E-state index in [0.717, 1.165) is 12.1 Å². The van der Waals surface area contributed by atoms with Crippen molar-refractivity contribution >= 4 is 39.2 Å². The monoisotopic (exact) mass is 354 g/mol. The van der Waals surface area contributed by atoms with Crippen molar-refractivity contribution in [2.24, 2.45) is 10.2 Å². The number of nitro groups is 1. The van der Waals surface area contributed by atoms with E-state index in [2.05, 4.69) is 10.5 Å². The van der Waals surface area contributed by atoms with Gasteiger partial charge >= 0.3 is 0 Å². The molecule has 2 rings (SSSR count). The number of rotatable bonds is 5. The number of benzene rings is 2. The number of primary sulfonamides is 1. The number of hydrogen-bond donors (Lipinski definition) is 2. The number of anilines is 1. The molecular formula is C13H11ClN4O4S. The van der Waals surface area contributed by atoms with Crippen LogP contribution in [0.1, 0.15) is 5.56 Å². The van der Waals surface area contributed by atoms with Crippen molar-refractivity contribution in [2.45, 2.75) is 4.90 Å². The first-order valence-electron chi connectivity index (χ1n) is 6.13. The molecule has 0 radical (unpaired) electrons. The molecule has 120 valence electrons. The molecule has 2 aromatic carbocycles. The van der Waals surface area contributed by atoms with Crippen LogP contribution in [0.4, 0.5) is 11.4 Å². The maximum atomic E-state index is 11.2. The average molecular weight is 355 g/mol. The van der Waals surface area contributed by atoms with Crippen molar-refractivity contribution in [3.63, 3.8) is 0 Å². The fourth-order valence-electron chi connectivity index (χ4n) is 1.70. The second-order valence-corrected chi connectivity index (χ2v) is 6.40. The van der Waals surface area contributed by atoms with Gasteiger partial charge in [0.05, 0.1) is 16.0 Å². The first-order chi connectivity index (χ1) is 10.8. The van der Waals surface area contributed by atoms with E-state index in [4.69, 9.17) is 16.7 Å². The Morgan fingerprint density at radius 3 is 2.61 bits per heavy atom. The van der Waals surface area contributed by atoms with E-state index in [-0.39, 0.29) is 10.6 Å². The largest absolute Gasteiger partial charge is 0.295 e. The third kappa shape index (κ3) is 4.49. The number of nitrogens with one attached hydrogen (secondary N) is 1. The highest BCUT2D eigenvalue weighted by molar-refractivity contribution is 7.89. The van der Waals surface area contributed by atoms with E-state index < -0.39 is 20.6 Å². The highest BCUT2D eigenvalue weighted by Gasteiger charge is 2.18. The molecule has 0 unspecified atom stereocenters. The molecule has 0 fully saturated rings. The van der Waals surface area contributed by atoms with Crippen LogP contribution in [0.5, 0.6) is 0 Å². The number of nitrogens with two attached hydrogens (primary N) is 1. The lowest BCUT2D eigenvalue weighted by Crippen LogP contribution is -2.12. The van der Waals surface area contributed by atoms with Crippen LogP contribution < -0.4 is 10.6 Å². The van der Waals surface area contributed by atoms with Gasteiger partial charge in [0, 0.05) is 11.1 Å². The van der Waals surface area contributed by atoms with Gasteiger partial charge in [-0.15, -0.1) is 0 Å². The average Bonchev–Trinajstić information content (AvgIpc) is 2.46. The summed E-state index contributed by atoms with van der Waals surface area (Å²) in [6.45, 7) is 0. The van der Waals surface area contributed by atoms with Crippen molar-refractivity contribution in [3.8, 4) is 0 Å². The van der Waals surface area contributed by atoms with Crippen LogP contribution in [-0.4, -0.2) is 19.6 Å². The van der Waals surface area contributed by atoms with E-state index in [9.17, 15) is 18.5 Å². The lowest BCUT2D eigenvalue weighted by Gasteiger charge is -2.04. The summed E-state index contributed by atoms with van der Waals surface area (Å²) in [6.07, 6.45) is 1.42. The Morgan fingerprint density at radius 1 is 1.26 bits per heavy atom. The van der Waals surface area contributed by atoms with Crippen molar-refractivity contribution < 1.29 is 13.3 Å². The van der Waals surface area contributed by atoms with E-state index in [0.29, 0.717) is 10.6 Å². The minimum Gasteiger partial charge on any atom is -0.272 e. The molecule has 0 aromatic heterocycles. The van der Waals surface area contributed by atoms with Crippen LogP contribution in [-0.2, 0) is 10.0 Å². The Hall–Kier alpha value is -2.49. The van der Waals surface area contributed by atoms with Crippen LogP contribution in [0.2, 0.25) is 5.02 Å². The summed E-state index contributed by atoms with van der Waals surface area (Å²) in [5.74, 6) is 0. The van der Waals surface area contributed by atoms with E-state index in [1.807, 2.05) is 0 Å². The maximum Gasteiger partial charge on any atom is 0.295 e. The highest BCUT2D eigenvalue weighted by atomic mass is 35.5. The normalized spacial score (nSPS) is 11.6. The van der Waals surface area contributed by atoms with Gasteiger partial charge in [-0.25, -0.2) is 13.6 Å². The Balaban J connectivity index is 2.27. The van der Waals surface area contributed by atoms with Crippen molar-refractivity contribution in [1.82, 2.24) is 0 Å². The summed E-state index contributed by atoms with van der Waals surface area (Å²) in [5.41, 5.74) is 2.75. The molecule has 0 saturated heterocycles. The summed E-state index contributed by atoms with van der Waals surface area (Å²) in [7, 11) is -4.03. The van der Waals surface area contributed by atoms with E-state index >= 15 is 0 Å². The molecule has 10 heteroatoms. The summed E-state index contributed by atoms with van der Waals surface area (Å²) in [6, 6.07) is 10.1. The highest BCUT2D eigenvalue weighted by Crippen LogP contribution is 2.27. The van der Waals surface area contributed by atoms with Gasteiger partial charge in [-0.3, -0.25) is 15.5 Å². The van der Waals surface area contributed by atoms with Crippen LogP contribution in [0.15, 0.2) is 52.5 Å². The topological polar surface area (TPSA) is 128 Å². The molecule has 0 atom stereocenters. The molecule has 0 bridgehead atoms. The zero-order chi connectivity index (χ0) is 17.0. The molecule has 0 saturated carbocycles. The molecule has 3 N–H and O–H groups in total. The molecule has 0 aliphatic carbocycles. The Bertz CT molecular complexity index is 883. The SMILES string of the molecule is NS(=O)(=O)c1ccc(NN=Cc2cccc(Cl)c2)c([N+](=O)[O-])c1. The van der Waals surface area contributed by atoms with Gasteiger partial charge < -0.3 is 0 Å². The second-order valence-electron chi connectivity index (χ2n) is 4.41. The lowest BCUT2D eigenvalue weighted by molar-refractivity contribution is -0.384. The van der Waals surface area contributed by atoms with Crippen molar-refractivity contribution in [2.75, 3.05) is 5.43 Å². The number of sulfonamides is 1. The molecule has 0 aliphatic rings. The van der Waals surface area contributed by atoms with Crippen LogP contribution in [0, 0.1) is 10.1 Å². The van der Waals surface area contributed by atoms with Crippen LogP contribution in [0.25, 0.3) is 0 Å². The number of nitro benzene ring substituents is 1. The predicted octanol–water partition coefficient (Wildman–Crippen LogP) is 2.34. The molecule has 0 aliphatic heterocycles. The molecule has 2 aromatic rings. The number of hydrogen-bond acceptors (Lipinski definition) is 6. The van der Waals surface area contributed by atoms with E-state index in [1.165, 1.54) is 12.3 Å². The van der Waals surface area contributed by atoms with Gasteiger partial charge in [-0.2, -0.15) is 5.10 Å². The van der Waals surface area contributed by atoms with Gasteiger partial charge in [-0.05, 0) is 29.8 Å². The van der Waals surface area contributed by atoms with Gasteiger partial charge in [0.1, 0.15) is 5.69 Å². The van der Waals surface area contributed by atoms with Crippen LogP contribution in [0.3, 0.4) is 0 Å². The molecule has 0 spiro atoms.